The second kappa shape index (κ2) is 12.8. The Morgan fingerprint density at radius 3 is 2.58 bits per heavy atom. The number of carbonyl (C=O) groups is 4. The number of piperidine rings is 1. The van der Waals surface area contributed by atoms with Crippen LogP contribution in [0.3, 0.4) is 0 Å². The summed E-state index contributed by atoms with van der Waals surface area (Å²) < 4.78 is 5.11. The fourth-order valence-electron chi connectivity index (χ4n) is 4.69. The summed E-state index contributed by atoms with van der Waals surface area (Å²) >= 11 is 0. The third-order valence-electron chi connectivity index (χ3n) is 6.67. The molecule has 4 rings (SSSR count). The standard InChI is InChI=1S/C27H32N6O5/c28-26(31-27(37)38-18-20-7-2-1-3-8-20)33-16-5-10-21(25(33)36)30-24(35)22-11-6-15-32(22)23(34)13-12-19-9-4-14-29-17-19/h1-4,7-9,14,17,21-22H,5-6,10-13,15-16,18H2,(H,30,35)(H2,28,31,37)/t21-,22-/m0/s1. The number of benzene rings is 1. The molecule has 3 heterocycles. The number of rotatable bonds is 7. The zero-order valence-electron chi connectivity index (χ0n) is 21.1. The number of likely N-dealkylation sites (tertiary alicyclic amines) is 2. The van der Waals surface area contributed by atoms with Crippen molar-refractivity contribution in [1.82, 2.24) is 20.1 Å². The first-order valence-electron chi connectivity index (χ1n) is 12.8. The van der Waals surface area contributed by atoms with E-state index in [9.17, 15) is 19.2 Å². The number of pyridine rings is 1. The Bertz CT molecular complexity index is 1170. The first-order chi connectivity index (χ1) is 18.4. The van der Waals surface area contributed by atoms with E-state index < -0.39 is 24.1 Å². The fourth-order valence-corrected chi connectivity index (χ4v) is 4.69. The molecule has 38 heavy (non-hydrogen) atoms. The average Bonchev–Trinajstić information content (AvgIpc) is 3.43. The summed E-state index contributed by atoms with van der Waals surface area (Å²) in [5.74, 6) is -1.20. The number of nitrogens with zero attached hydrogens (tertiary/aromatic N) is 4. The molecule has 200 valence electrons. The topological polar surface area (TPSA) is 147 Å². The van der Waals surface area contributed by atoms with Crippen LogP contribution >= 0.6 is 0 Å². The second-order valence-electron chi connectivity index (χ2n) is 9.31. The third-order valence-corrected chi connectivity index (χ3v) is 6.67. The Hall–Kier alpha value is -4.28. The largest absolute Gasteiger partial charge is 0.443 e. The molecule has 0 radical (unpaired) electrons. The lowest BCUT2D eigenvalue weighted by atomic mass is 10.0. The molecule has 2 aliphatic rings. The van der Waals surface area contributed by atoms with Gasteiger partial charge in [0.15, 0.2) is 0 Å². The minimum atomic E-state index is -0.906. The van der Waals surface area contributed by atoms with Crippen molar-refractivity contribution in [2.45, 2.75) is 57.2 Å². The van der Waals surface area contributed by atoms with Crippen LogP contribution in [0, 0.1) is 0 Å². The number of aromatic nitrogens is 1. The highest BCUT2D eigenvalue weighted by Crippen LogP contribution is 2.21. The van der Waals surface area contributed by atoms with Gasteiger partial charge in [0.05, 0.1) is 0 Å². The molecule has 2 aliphatic heterocycles. The van der Waals surface area contributed by atoms with Crippen molar-refractivity contribution in [3.8, 4) is 0 Å². The summed E-state index contributed by atoms with van der Waals surface area (Å²) in [6.45, 7) is 0.802. The van der Waals surface area contributed by atoms with Crippen LogP contribution in [-0.2, 0) is 32.1 Å². The lowest BCUT2D eigenvalue weighted by Crippen LogP contribution is -2.58. The highest BCUT2D eigenvalue weighted by molar-refractivity contribution is 6.03. The van der Waals surface area contributed by atoms with E-state index in [4.69, 9.17) is 10.5 Å². The van der Waals surface area contributed by atoms with Gasteiger partial charge in [-0.2, -0.15) is 0 Å². The van der Waals surface area contributed by atoms with E-state index in [2.05, 4.69) is 15.3 Å². The van der Waals surface area contributed by atoms with E-state index in [1.54, 1.807) is 17.3 Å². The van der Waals surface area contributed by atoms with Gasteiger partial charge in [-0.3, -0.25) is 24.3 Å². The van der Waals surface area contributed by atoms with Gasteiger partial charge in [0.1, 0.15) is 18.7 Å². The molecule has 3 N–H and O–H groups in total. The average molecular weight is 521 g/mol. The van der Waals surface area contributed by atoms with Crippen molar-refractivity contribution in [1.29, 1.82) is 0 Å². The van der Waals surface area contributed by atoms with Gasteiger partial charge in [-0.25, -0.2) is 4.79 Å². The number of nitrogens with two attached hydrogens (primary N) is 1. The maximum absolute atomic E-state index is 13.1. The van der Waals surface area contributed by atoms with E-state index in [0.717, 1.165) is 11.1 Å². The molecular formula is C27H32N6O5. The summed E-state index contributed by atoms with van der Waals surface area (Å²) in [6.07, 6.45) is 5.55. The quantitative estimate of drug-likeness (QED) is 0.418. The van der Waals surface area contributed by atoms with Crippen molar-refractivity contribution in [3.05, 3.63) is 66.0 Å². The Balaban J connectivity index is 1.30. The van der Waals surface area contributed by atoms with E-state index in [0.29, 0.717) is 38.6 Å². The van der Waals surface area contributed by atoms with E-state index in [1.807, 2.05) is 42.5 Å². The first-order valence-corrected chi connectivity index (χ1v) is 12.8. The van der Waals surface area contributed by atoms with Crippen LogP contribution in [0.25, 0.3) is 0 Å². The maximum Gasteiger partial charge on any atom is 0.437 e. The van der Waals surface area contributed by atoms with Gasteiger partial charge in [0, 0.05) is 31.9 Å². The smallest absolute Gasteiger partial charge is 0.437 e. The number of aryl methyl sites for hydroxylation is 1. The summed E-state index contributed by atoms with van der Waals surface area (Å²) in [5, 5.41) is 2.79. The molecule has 2 saturated heterocycles. The van der Waals surface area contributed by atoms with Crippen LogP contribution in [0.2, 0.25) is 0 Å². The Morgan fingerprint density at radius 2 is 1.82 bits per heavy atom. The zero-order chi connectivity index (χ0) is 26.9. The number of amides is 4. The van der Waals surface area contributed by atoms with Gasteiger partial charge in [-0.15, -0.1) is 4.99 Å². The minimum Gasteiger partial charge on any atom is -0.443 e. The number of ether oxygens (including phenoxy) is 1. The van der Waals surface area contributed by atoms with Crippen molar-refractivity contribution >= 4 is 29.8 Å². The van der Waals surface area contributed by atoms with Crippen molar-refractivity contribution in [2.24, 2.45) is 10.7 Å². The molecule has 0 saturated carbocycles. The lowest BCUT2D eigenvalue weighted by Gasteiger charge is -2.33. The Labute approximate surface area is 221 Å². The number of hydrogen-bond acceptors (Lipinski definition) is 6. The third kappa shape index (κ3) is 6.93. The molecule has 11 heteroatoms. The molecule has 0 spiro atoms. The van der Waals surface area contributed by atoms with Crippen molar-refractivity contribution in [3.63, 3.8) is 0 Å². The van der Waals surface area contributed by atoms with Crippen molar-refractivity contribution < 1.29 is 23.9 Å². The summed E-state index contributed by atoms with van der Waals surface area (Å²) in [6, 6.07) is 11.4. The highest BCUT2D eigenvalue weighted by atomic mass is 16.5. The predicted octanol–water partition coefficient (Wildman–Crippen LogP) is 1.76. The van der Waals surface area contributed by atoms with Gasteiger partial charge in [-0.05, 0) is 49.3 Å². The van der Waals surface area contributed by atoms with Gasteiger partial charge >= 0.3 is 6.09 Å². The maximum atomic E-state index is 13.1. The Kier molecular flexibility index (Phi) is 9.02. The molecular weight excluding hydrogens is 488 g/mol. The summed E-state index contributed by atoms with van der Waals surface area (Å²) in [5.41, 5.74) is 7.70. The van der Waals surface area contributed by atoms with Crippen LogP contribution in [0.4, 0.5) is 4.79 Å². The van der Waals surface area contributed by atoms with Crippen LogP contribution in [0.15, 0.2) is 59.9 Å². The SMILES string of the molecule is N/C(=N\C(=O)OCc1ccccc1)N1CCC[C@H](NC(=O)[C@@H]2CCCN2C(=O)CCc2cccnc2)C1=O. The van der Waals surface area contributed by atoms with Crippen LogP contribution in [0.5, 0.6) is 0 Å². The van der Waals surface area contributed by atoms with Gasteiger partial charge < -0.3 is 20.7 Å². The highest BCUT2D eigenvalue weighted by Gasteiger charge is 2.38. The summed E-state index contributed by atoms with van der Waals surface area (Å²) in [4.78, 5) is 61.7. The molecule has 0 unspecified atom stereocenters. The second-order valence-corrected chi connectivity index (χ2v) is 9.31. The van der Waals surface area contributed by atoms with Gasteiger partial charge in [0.2, 0.25) is 17.8 Å². The number of aliphatic imine (C=N–C) groups is 1. The zero-order valence-corrected chi connectivity index (χ0v) is 21.1. The first kappa shape index (κ1) is 26.8. The number of carbonyl (C=O) groups excluding carboxylic acids is 4. The molecule has 2 atom stereocenters. The van der Waals surface area contributed by atoms with E-state index in [1.165, 1.54) is 4.90 Å². The molecule has 11 nitrogen and oxygen atoms in total. The minimum absolute atomic E-state index is 0.0297. The van der Waals surface area contributed by atoms with Crippen LogP contribution in [0.1, 0.15) is 43.2 Å². The molecule has 0 aliphatic carbocycles. The monoisotopic (exact) mass is 520 g/mol. The van der Waals surface area contributed by atoms with Crippen molar-refractivity contribution in [2.75, 3.05) is 13.1 Å². The lowest BCUT2D eigenvalue weighted by molar-refractivity contribution is -0.140. The van der Waals surface area contributed by atoms with Crippen LogP contribution < -0.4 is 11.1 Å². The molecule has 1 aromatic heterocycles. The molecule has 2 fully saturated rings. The van der Waals surface area contributed by atoms with Crippen LogP contribution in [-0.4, -0.2) is 69.7 Å². The van der Waals surface area contributed by atoms with E-state index in [-0.39, 0.29) is 37.3 Å². The number of hydrogen-bond donors (Lipinski definition) is 2. The normalized spacial score (nSPS) is 19.8. The molecule has 0 bridgehead atoms. The Morgan fingerprint density at radius 1 is 1.05 bits per heavy atom. The predicted molar refractivity (Wildman–Crippen MR) is 138 cm³/mol. The van der Waals surface area contributed by atoms with E-state index >= 15 is 0 Å². The fraction of sp³-hybridized carbons (Fsp3) is 0.407. The molecule has 1 aromatic carbocycles. The van der Waals surface area contributed by atoms with Gasteiger partial charge in [-0.1, -0.05) is 36.4 Å². The molecule has 2 aromatic rings. The van der Waals surface area contributed by atoms with Gasteiger partial charge in [0.25, 0.3) is 5.91 Å². The number of guanidine groups is 1. The molecule has 4 amide bonds. The number of nitrogens with one attached hydrogen (secondary N) is 1. The summed E-state index contributed by atoms with van der Waals surface area (Å²) in [7, 11) is 0.